The van der Waals surface area contributed by atoms with Gasteiger partial charge in [-0.1, -0.05) is 23.7 Å². The van der Waals surface area contributed by atoms with Crippen LogP contribution in [0.25, 0.3) is 0 Å². The molecule has 3 rings (SSSR count). The molecule has 0 aliphatic carbocycles. The van der Waals surface area contributed by atoms with Crippen LogP contribution in [0.15, 0.2) is 48.5 Å². The Labute approximate surface area is 133 Å². The van der Waals surface area contributed by atoms with Crippen LogP contribution in [-0.2, 0) is 6.42 Å². The van der Waals surface area contributed by atoms with Gasteiger partial charge >= 0.3 is 0 Å². The molecule has 3 nitrogen and oxygen atoms in total. The standard InChI is InChI=1S/C17H16ClFN2O/c18-14-5-3-13(4-6-14)16(22)21-15-7-1-12(2-8-15)9-17(19)10-20-11-17/h1-8,20H,9-11H2,(H,21,22). The minimum Gasteiger partial charge on any atom is -0.322 e. The SMILES string of the molecule is O=C(Nc1ccc(CC2(F)CNC2)cc1)c1ccc(Cl)cc1. The topological polar surface area (TPSA) is 41.1 Å². The first kappa shape index (κ1) is 15.0. The van der Waals surface area contributed by atoms with Gasteiger partial charge < -0.3 is 10.6 Å². The monoisotopic (exact) mass is 318 g/mol. The van der Waals surface area contributed by atoms with Gasteiger partial charge in [-0.3, -0.25) is 4.79 Å². The molecule has 0 atom stereocenters. The highest BCUT2D eigenvalue weighted by Crippen LogP contribution is 2.23. The summed E-state index contributed by atoms with van der Waals surface area (Å²) in [5.74, 6) is -0.199. The van der Waals surface area contributed by atoms with E-state index in [1.807, 2.05) is 12.1 Å². The molecule has 0 saturated carbocycles. The lowest BCUT2D eigenvalue weighted by atomic mass is 9.91. The van der Waals surface area contributed by atoms with E-state index in [2.05, 4.69) is 10.6 Å². The van der Waals surface area contributed by atoms with Crippen molar-refractivity contribution in [2.75, 3.05) is 18.4 Å². The van der Waals surface area contributed by atoms with Crippen molar-refractivity contribution in [3.05, 3.63) is 64.7 Å². The molecule has 1 aliphatic heterocycles. The fourth-order valence-corrected chi connectivity index (χ4v) is 2.52. The molecular formula is C17H16ClFN2O. The Bertz CT molecular complexity index is 666. The Kier molecular flexibility index (Phi) is 4.14. The highest BCUT2D eigenvalue weighted by atomic mass is 35.5. The molecule has 0 bridgehead atoms. The van der Waals surface area contributed by atoms with E-state index in [9.17, 15) is 9.18 Å². The van der Waals surface area contributed by atoms with E-state index in [1.165, 1.54) is 0 Å². The largest absolute Gasteiger partial charge is 0.322 e. The van der Waals surface area contributed by atoms with E-state index in [0.29, 0.717) is 35.8 Å². The molecule has 1 saturated heterocycles. The zero-order valence-electron chi connectivity index (χ0n) is 11.9. The Morgan fingerprint density at radius 3 is 2.32 bits per heavy atom. The van der Waals surface area contributed by atoms with Crippen LogP contribution in [0.1, 0.15) is 15.9 Å². The van der Waals surface area contributed by atoms with Crippen LogP contribution in [0.3, 0.4) is 0 Å². The van der Waals surface area contributed by atoms with Gasteiger partial charge in [-0.2, -0.15) is 0 Å². The molecule has 2 N–H and O–H groups in total. The summed E-state index contributed by atoms with van der Waals surface area (Å²) < 4.78 is 14.0. The third kappa shape index (κ3) is 3.46. The van der Waals surface area contributed by atoms with Crippen LogP contribution in [0.2, 0.25) is 5.02 Å². The predicted octanol–water partition coefficient (Wildman–Crippen LogP) is 3.45. The van der Waals surface area contributed by atoms with Gasteiger partial charge in [0.1, 0.15) is 5.67 Å². The predicted molar refractivity (Wildman–Crippen MR) is 86.3 cm³/mol. The number of alkyl halides is 1. The van der Waals surface area contributed by atoms with E-state index >= 15 is 0 Å². The lowest BCUT2D eigenvalue weighted by molar-refractivity contribution is 0.0911. The summed E-state index contributed by atoms with van der Waals surface area (Å²) in [5.41, 5.74) is 1.02. The van der Waals surface area contributed by atoms with Crippen LogP contribution < -0.4 is 10.6 Å². The van der Waals surface area contributed by atoms with E-state index in [0.717, 1.165) is 5.56 Å². The molecular weight excluding hydrogens is 303 g/mol. The van der Waals surface area contributed by atoms with Gasteiger partial charge in [0.05, 0.1) is 0 Å². The molecule has 2 aromatic carbocycles. The van der Waals surface area contributed by atoms with Gasteiger partial charge in [0.15, 0.2) is 0 Å². The van der Waals surface area contributed by atoms with Gasteiger partial charge in [-0.25, -0.2) is 4.39 Å². The van der Waals surface area contributed by atoms with Crippen molar-refractivity contribution in [3.8, 4) is 0 Å². The quantitative estimate of drug-likeness (QED) is 0.906. The Morgan fingerprint density at radius 1 is 1.14 bits per heavy atom. The number of nitrogens with one attached hydrogen (secondary N) is 2. The maximum atomic E-state index is 14.0. The van der Waals surface area contributed by atoms with E-state index in [-0.39, 0.29) is 5.91 Å². The van der Waals surface area contributed by atoms with Crippen LogP contribution in [-0.4, -0.2) is 24.7 Å². The van der Waals surface area contributed by atoms with Crippen molar-refractivity contribution < 1.29 is 9.18 Å². The van der Waals surface area contributed by atoms with Crippen LogP contribution in [0.4, 0.5) is 10.1 Å². The number of carbonyl (C=O) groups excluding carboxylic acids is 1. The Balaban J connectivity index is 1.63. The number of hydrogen-bond donors (Lipinski definition) is 2. The maximum Gasteiger partial charge on any atom is 0.255 e. The number of amides is 1. The number of carbonyl (C=O) groups is 1. The molecule has 0 unspecified atom stereocenters. The summed E-state index contributed by atoms with van der Waals surface area (Å²) in [7, 11) is 0. The summed E-state index contributed by atoms with van der Waals surface area (Å²) >= 11 is 5.80. The molecule has 0 aromatic heterocycles. The molecule has 0 radical (unpaired) electrons. The summed E-state index contributed by atoms with van der Waals surface area (Å²) in [5, 5.41) is 6.34. The molecule has 22 heavy (non-hydrogen) atoms. The van der Waals surface area contributed by atoms with E-state index < -0.39 is 5.67 Å². The normalized spacial score (nSPS) is 15.9. The lowest BCUT2D eigenvalue weighted by Gasteiger charge is -2.35. The summed E-state index contributed by atoms with van der Waals surface area (Å²) in [6, 6.07) is 14.0. The first-order valence-corrected chi connectivity index (χ1v) is 7.47. The molecule has 114 valence electrons. The zero-order valence-corrected chi connectivity index (χ0v) is 12.7. The van der Waals surface area contributed by atoms with Gasteiger partial charge in [-0.05, 0) is 42.0 Å². The van der Waals surface area contributed by atoms with Crippen molar-refractivity contribution in [1.82, 2.24) is 5.32 Å². The van der Waals surface area contributed by atoms with Crippen molar-refractivity contribution in [1.29, 1.82) is 0 Å². The summed E-state index contributed by atoms with van der Waals surface area (Å²) in [6.45, 7) is 0.810. The summed E-state index contributed by atoms with van der Waals surface area (Å²) in [4.78, 5) is 12.1. The lowest BCUT2D eigenvalue weighted by Crippen LogP contribution is -2.57. The van der Waals surface area contributed by atoms with Crippen LogP contribution >= 0.6 is 11.6 Å². The third-order valence-corrected chi connectivity index (χ3v) is 3.97. The third-order valence-electron chi connectivity index (χ3n) is 3.72. The second kappa shape index (κ2) is 6.07. The number of rotatable bonds is 4. The van der Waals surface area contributed by atoms with Gasteiger partial charge in [0.25, 0.3) is 5.91 Å². The molecule has 5 heteroatoms. The number of benzene rings is 2. The van der Waals surface area contributed by atoms with Crippen molar-refractivity contribution in [2.24, 2.45) is 0 Å². The van der Waals surface area contributed by atoms with E-state index in [1.54, 1.807) is 36.4 Å². The molecule has 1 fully saturated rings. The molecule has 1 heterocycles. The highest BCUT2D eigenvalue weighted by molar-refractivity contribution is 6.30. The number of halogens is 2. The van der Waals surface area contributed by atoms with Crippen molar-refractivity contribution in [3.63, 3.8) is 0 Å². The number of hydrogen-bond acceptors (Lipinski definition) is 2. The van der Waals surface area contributed by atoms with Gasteiger partial charge in [0.2, 0.25) is 0 Å². The molecule has 2 aromatic rings. The first-order chi connectivity index (χ1) is 10.5. The van der Waals surface area contributed by atoms with Crippen LogP contribution in [0, 0.1) is 0 Å². The second-order valence-electron chi connectivity index (χ2n) is 5.59. The van der Waals surface area contributed by atoms with Gasteiger partial charge in [0, 0.05) is 35.8 Å². The molecule has 1 aliphatic rings. The van der Waals surface area contributed by atoms with Crippen LogP contribution in [0.5, 0.6) is 0 Å². The van der Waals surface area contributed by atoms with Crippen molar-refractivity contribution in [2.45, 2.75) is 12.1 Å². The van der Waals surface area contributed by atoms with E-state index in [4.69, 9.17) is 11.6 Å². The van der Waals surface area contributed by atoms with Gasteiger partial charge in [-0.15, -0.1) is 0 Å². The smallest absolute Gasteiger partial charge is 0.255 e. The maximum absolute atomic E-state index is 14.0. The second-order valence-corrected chi connectivity index (χ2v) is 6.03. The Hall–Kier alpha value is -1.91. The highest BCUT2D eigenvalue weighted by Gasteiger charge is 2.36. The fraction of sp³-hybridized carbons (Fsp3) is 0.235. The number of anilines is 1. The minimum atomic E-state index is -1.13. The van der Waals surface area contributed by atoms with Crippen molar-refractivity contribution >= 4 is 23.2 Å². The fourth-order valence-electron chi connectivity index (χ4n) is 2.40. The molecule has 1 amide bonds. The zero-order chi connectivity index (χ0) is 15.6. The first-order valence-electron chi connectivity index (χ1n) is 7.10. The summed E-state index contributed by atoms with van der Waals surface area (Å²) in [6.07, 6.45) is 0.394. The average Bonchev–Trinajstić information content (AvgIpc) is 2.48. The Morgan fingerprint density at radius 2 is 1.77 bits per heavy atom. The molecule has 0 spiro atoms. The average molecular weight is 319 g/mol. The minimum absolute atomic E-state index is 0.199.